The maximum atomic E-state index is 10.7. The van der Waals surface area contributed by atoms with E-state index >= 15 is 0 Å². The molecule has 0 aromatic rings. The van der Waals surface area contributed by atoms with E-state index in [1.165, 1.54) is 13.0 Å². The number of carboxylic acids is 1. The Bertz CT molecular complexity index is 232. The number of carbonyl (C=O) groups is 1. The molecule has 2 aliphatic rings. The van der Waals surface area contributed by atoms with Crippen LogP contribution in [0.5, 0.6) is 0 Å². The molecule has 3 unspecified atom stereocenters. The SMILES string of the molecule is CC(CN1CCN2CCC1C2)C(=O)O. The van der Waals surface area contributed by atoms with Gasteiger partial charge in [-0.25, -0.2) is 0 Å². The van der Waals surface area contributed by atoms with E-state index in [0.29, 0.717) is 12.6 Å². The zero-order valence-corrected chi connectivity index (χ0v) is 8.65. The number of hydrogen-bond donors (Lipinski definition) is 1. The molecule has 0 radical (unpaired) electrons. The van der Waals surface area contributed by atoms with Crippen LogP contribution in [0.2, 0.25) is 0 Å². The molecule has 0 spiro atoms. The Hall–Kier alpha value is -0.610. The van der Waals surface area contributed by atoms with E-state index in [9.17, 15) is 4.79 Å². The van der Waals surface area contributed by atoms with E-state index in [-0.39, 0.29) is 5.92 Å². The lowest BCUT2D eigenvalue weighted by molar-refractivity contribution is -0.142. The van der Waals surface area contributed by atoms with Crippen LogP contribution in [-0.4, -0.2) is 59.6 Å². The fraction of sp³-hybridized carbons (Fsp3) is 0.900. The Morgan fingerprint density at radius 3 is 3.00 bits per heavy atom. The Morgan fingerprint density at radius 1 is 1.50 bits per heavy atom. The molecule has 0 saturated carbocycles. The van der Waals surface area contributed by atoms with Crippen LogP contribution in [0.25, 0.3) is 0 Å². The van der Waals surface area contributed by atoms with E-state index in [1.54, 1.807) is 6.92 Å². The van der Waals surface area contributed by atoms with Gasteiger partial charge in [0.2, 0.25) is 0 Å². The largest absolute Gasteiger partial charge is 0.481 e. The Morgan fingerprint density at radius 2 is 2.29 bits per heavy atom. The van der Waals surface area contributed by atoms with Crippen molar-refractivity contribution in [1.29, 1.82) is 0 Å². The van der Waals surface area contributed by atoms with Crippen molar-refractivity contribution in [1.82, 2.24) is 9.80 Å². The van der Waals surface area contributed by atoms with Crippen molar-refractivity contribution in [2.24, 2.45) is 5.92 Å². The van der Waals surface area contributed by atoms with E-state index in [4.69, 9.17) is 5.11 Å². The second kappa shape index (κ2) is 3.87. The van der Waals surface area contributed by atoms with Gasteiger partial charge in [-0.1, -0.05) is 6.92 Å². The molecular weight excluding hydrogens is 180 g/mol. The summed E-state index contributed by atoms with van der Waals surface area (Å²) in [6.07, 6.45) is 1.21. The van der Waals surface area contributed by atoms with Crippen molar-refractivity contribution in [3.63, 3.8) is 0 Å². The highest BCUT2D eigenvalue weighted by Gasteiger charge is 2.33. The Labute approximate surface area is 84.5 Å². The summed E-state index contributed by atoms with van der Waals surface area (Å²) in [5.74, 6) is -0.910. The van der Waals surface area contributed by atoms with Gasteiger partial charge in [0.05, 0.1) is 5.92 Å². The lowest BCUT2D eigenvalue weighted by atomic mass is 10.1. The fourth-order valence-electron chi connectivity index (χ4n) is 2.44. The van der Waals surface area contributed by atoms with Crippen LogP contribution in [0.3, 0.4) is 0 Å². The summed E-state index contributed by atoms with van der Waals surface area (Å²) < 4.78 is 0. The highest BCUT2D eigenvalue weighted by atomic mass is 16.4. The summed E-state index contributed by atoms with van der Waals surface area (Å²) in [4.78, 5) is 15.6. The number of nitrogens with zero attached hydrogens (tertiary/aromatic N) is 2. The first-order valence-electron chi connectivity index (χ1n) is 5.36. The third-order valence-electron chi connectivity index (χ3n) is 3.40. The molecule has 2 bridgehead atoms. The maximum Gasteiger partial charge on any atom is 0.307 e. The number of aliphatic carboxylic acids is 1. The molecule has 1 N–H and O–H groups in total. The maximum absolute atomic E-state index is 10.7. The highest BCUT2D eigenvalue weighted by molar-refractivity contribution is 5.69. The van der Waals surface area contributed by atoms with Gasteiger partial charge in [0, 0.05) is 32.2 Å². The molecule has 4 nitrogen and oxygen atoms in total. The van der Waals surface area contributed by atoms with Crippen molar-refractivity contribution in [2.75, 3.05) is 32.7 Å². The van der Waals surface area contributed by atoms with Crippen LogP contribution < -0.4 is 0 Å². The van der Waals surface area contributed by atoms with Gasteiger partial charge < -0.3 is 10.0 Å². The first-order chi connectivity index (χ1) is 6.66. The topological polar surface area (TPSA) is 43.8 Å². The minimum absolute atomic E-state index is 0.234. The lowest BCUT2D eigenvalue weighted by Gasteiger charge is -2.35. The smallest absolute Gasteiger partial charge is 0.307 e. The van der Waals surface area contributed by atoms with Gasteiger partial charge in [-0.05, 0) is 13.0 Å². The van der Waals surface area contributed by atoms with Crippen LogP contribution in [0.1, 0.15) is 13.3 Å². The van der Waals surface area contributed by atoms with E-state index < -0.39 is 5.97 Å². The zero-order chi connectivity index (χ0) is 10.1. The lowest BCUT2D eigenvalue weighted by Crippen LogP contribution is -2.48. The van der Waals surface area contributed by atoms with Crippen molar-refractivity contribution in [3.05, 3.63) is 0 Å². The summed E-state index contributed by atoms with van der Waals surface area (Å²) >= 11 is 0. The molecule has 0 aromatic carbocycles. The normalized spacial score (nSPS) is 34.4. The van der Waals surface area contributed by atoms with Crippen LogP contribution in [0.15, 0.2) is 0 Å². The van der Waals surface area contributed by atoms with Gasteiger partial charge in [-0.2, -0.15) is 0 Å². The minimum Gasteiger partial charge on any atom is -0.481 e. The number of rotatable bonds is 3. The molecule has 2 rings (SSSR count). The molecule has 14 heavy (non-hydrogen) atoms. The number of hydrogen-bond acceptors (Lipinski definition) is 3. The Balaban J connectivity index is 1.88. The van der Waals surface area contributed by atoms with E-state index in [1.807, 2.05) is 0 Å². The molecule has 3 atom stereocenters. The average molecular weight is 198 g/mol. The van der Waals surface area contributed by atoms with Crippen molar-refractivity contribution in [3.8, 4) is 0 Å². The van der Waals surface area contributed by atoms with Gasteiger partial charge >= 0.3 is 5.97 Å². The summed E-state index contributed by atoms with van der Waals surface area (Å²) in [6, 6.07) is 0.616. The summed E-state index contributed by atoms with van der Waals surface area (Å²) in [5, 5.41) is 8.84. The van der Waals surface area contributed by atoms with Crippen molar-refractivity contribution >= 4 is 5.97 Å². The quantitative estimate of drug-likeness (QED) is 0.698. The molecule has 0 aromatic heterocycles. The zero-order valence-electron chi connectivity index (χ0n) is 8.65. The summed E-state index contributed by atoms with van der Waals surface area (Å²) in [5.41, 5.74) is 0. The summed E-state index contributed by atoms with van der Waals surface area (Å²) in [6.45, 7) is 7.01. The van der Waals surface area contributed by atoms with Gasteiger partial charge in [0.25, 0.3) is 0 Å². The van der Waals surface area contributed by atoms with Crippen LogP contribution in [0.4, 0.5) is 0 Å². The standard InChI is InChI=1S/C10H18N2O2/c1-8(10(13)14)6-12-5-4-11-3-2-9(12)7-11/h8-9H,2-7H2,1H3,(H,13,14). The number of piperazine rings is 1. The predicted octanol–water partition coefficient (Wildman–Crippen LogP) is 0.0970. The Kier molecular flexibility index (Phi) is 2.74. The van der Waals surface area contributed by atoms with Gasteiger partial charge in [0.15, 0.2) is 0 Å². The second-order valence-electron chi connectivity index (χ2n) is 4.48. The van der Waals surface area contributed by atoms with E-state index in [2.05, 4.69) is 9.80 Å². The van der Waals surface area contributed by atoms with Crippen LogP contribution in [-0.2, 0) is 4.79 Å². The average Bonchev–Trinajstić information content (AvgIpc) is 2.53. The van der Waals surface area contributed by atoms with Gasteiger partial charge in [0.1, 0.15) is 0 Å². The van der Waals surface area contributed by atoms with Gasteiger partial charge in [-0.15, -0.1) is 0 Å². The fourth-order valence-corrected chi connectivity index (χ4v) is 2.44. The highest BCUT2D eigenvalue weighted by Crippen LogP contribution is 2.21. The molecular formula is C10H18N2O2. The van der Waals surface area contributed by atoms with Crippen molar-refractivity contribution in [2.45, 2.75) is 19.4 Å². The second-order valence-corrected chi connectivity index (χ2v) is 4.48. The monoisotopic (exact) mass is 198 g/mol. The first kappa shape index (κ1) is 9.93. The third-order valence-corrected chi connectivity index (χ3v) is 3.40. The summed E-state index contributed by atoms with van der Waals surface area (Å²) in [7, 11) is 0. The molecule has 2 aliphatic heterocycles. The number of fused-ring (bicyclic) bond motifs is 2. The molecule has 2 saturated heterocycles. The third kappa shape index (κ3) is 1.91. The molecule has 0 amide bonds. The molecule has 2 heterocycles. The van der Waals surface area contributed by atoms with E-state index in [0.717, 1.165) is 19.6 Å². The molecule has 2 fully saturated rings. The van der Waals surface area contributed by atoms with Crippen LogP contribution >= 0.6 is 0 Å². The minimum atomic E-state index is -0.676. The molecule has 80 valence electrons. The first-order valence-corrected chi connectivity index (χ1v) is 5.36. The predicted molar refractivity (Wildman–Crippen MR) is 53.2 cm³/mol. The van der Waals surface area contributed by atoms with Gasteiger partial charge in [-0.3, -0.25) is 9.69 Å². The van der Waals surface area contributed by atoms with Crippen LogP contribution in [0, 0.1) is 5.92 Å². The molecule has 0 aliphatic carbocycles. The number of carboxylic acid groups (broad SMARTS) is 1. The van der Waals surface area contributed by atoms with Crippen molar-refractivity contribution < 1.29 is 9.90 Å². The molecule has 4 heteroatoms.